The fourth-order valence-corrected chi connectivity index (χ4v) is 2.05. The Labute approximate surface area is 110 Å². The summed E-state index contributed by atoms with van der Waals surface area (Å²) in [5, 5.41) is 1.15. The average molecular weight is 210 g/mol. The van der Waals surface area contributed by atoms with Gasteiger partial charge in [-0.15, -0.1) is 0 Å². The van der Waals surface area contributed by atoms with E-state index in [0.29, 0.717) is 0 Å². The van der Waals surface area contributed by atoms with Crippen LogP contribution < -0.4 is 0 Å². The monoisotopic (exact) mass is 210 g/mol. The quantitative estimate of drug-likeness (QED) is 0.444. The third-order valence-electron chi connectivity index (χ3n) is 3.25. The normalized spacial score (nSPS) is 10.7. The molecule has 0 heterocycles. The van der Waals surface area contributed by atoms with Gasteiger partial charge in [0.25, 0.3) is 0 Å². The molecule has 0 saturated carbocycles. The van der Waals surface area contributed by atoms with E-state index >= 15 is 0 Å². The molecule has 0 amide bonds. The van der Waals surface area contributed by atoms with Crippen molar-refractivity contribution < 1.29 is 0 Å². The van der Waals surface area contributed by atoms with Gasteiger partial charge in [-0.2, -0.15) is 0 Å². The van der Waals surface area contributed by atoms with Crippen molar-refractivity contribution in [2.45, 2.75) is 57.0 Å². The zero-order valence-electron chi connectivity index (χ0n) is 11.0. The van der Waals surface area contributed by atoms with Crippen LogP contribution in [0.25, 0.3) is 0 Å². The predicted molar refractivity (Wildman–Crippen MR) is 73.0 cm³/mol. The van der Waals surface area contributed by atoms with Crippen LogP contribution in [0.4, 0.5) is 0 Å². The van der Waals surface area contributed by atoms with Gasteiger partial charge in [0.05, 0.1) is 0 Å². The zero-order chi connectivity index (χ0) is 11.6. The van der Waals surface area contributed by atoms with Gasteiger partial charge in [-0.1, -0.05) is 6.92 Å². The van der Waals surface area contributed by atoms with Crippen molar-refractivity contribution in [2.24, 2.45) is 0 Å². The first-order valence-electron chi connectivity index (χ1n) is 6.94. The first-order chi connectivity index (χ1) is 7.86. The molecule has 1 heteroatoms. The van der Waals surface area contributed by atoms with Crippen LogP contribution in [0.2, 0.25) is 0 Å². The summed E-state index contributed by atoms with van der Waals surface area (Å²) in [5.41, 5.74) is 2.96. The molecule has 1 aromatic carbocycles. The molecule has 84 valence electrons. The molecule has 0 aliphatic rings. The van der Waals surface area contributed by atoms with Crippen LogP contribution >= 0.6 is 0 Å². The molecule has 0 bridgehead atoms. The summed E-state index contributed by atoms with van der Waals surface area (Å²) in [4.78, 5) is 0. The van der Waals surface area contributed by atoms with Gasteiger partial charge < -0.3 is 0 Å². The first-order valence-corrected chi connectivity index (χ1v) is 6.94. The number of benzene rings is 1. The number of hydrogen-bond donors (Lipinski definition) is 0. The number of hydrogen-bond acceptors (Lipinski definition) is 0. The Balaban J connectivity index is 2.12. The van der Waals surface area contributed by atoms with E-state index in [1.165, 1.54) is 56.1 Å². The Kier molecular flexibility index (Phi) is 7.73. The second-order valence-corrected chi connectivity index (χ2v) is 4.69. The molecule has 0 aromatic heterocycles. The molecule has 0 aliphatic carbocycles. The third-order valence-corrected chi connectivity index (χ3v) is 3.25. The van der Waals surface area contributed by atoms with E-state index in [4.69, 9.17) is 0 Å². The molecule has 16 heavy (non-hydrogen) atoms. The third kappa shape index (κ3) is 5.78. The molecular formula is C15H23Li. The second kappa shape index (κ2) is 8.91. The topological polar surface area (TPSA) is 0 Å². The fourth-order valence-electron chi connectivity index (χ4n) is 2.05. The summed E-state index contributed by atoms with van der Waals surface area (Å²) in [7, 11) is 0. The first kappa shape index (κ1) is 13.9. The van der Waals surface area contributed by atoms with E-state index < -0.39 is 0 Å². The van der Waals surface area contributed by atoms with Crippen molar-refractivity contribution in [3.63, 3.8) is 0 Å². The van der Waals surface area contributed by atoms with E-state index in [2.05, 4.69) is 48.9 Å². The number of rotatable bonds is 8. The van der Waals surface area contributed by atoms with Gasteiger partial charge in [0.2, 0.25) is 0 Å². The van der Waals surface area contributed by atoms with Crippen LogP contribution in [0.1, 0.15) is 56.6 Å². The molecule has 0 fully saturated rings. The minimum atomic E-state index is 1.15. The van der Waals surface area contributed by atoms with Crippen LogP contribution in [0.15, 0.2) is 24.3 Å². The van der Waals surface area contributed by atoms with Crippen molar-refractivity contribution in [3.05, 3.63) is 35.4 Å². The van der Waals surface area contributed by atoms with Crippen LogP contribution in [0.5, 0.6) is 0 Å². The molecule has 0 spiro atoms. The van der Waals surface area contributed by atoms with Crippen LogP contribution in [-0.2, 0) is 11.5 Å². The molecule has 1 rings (SSSR count). The van der Waals surface area contributed by atoms with Gasteiger partial charge in [0.1, 0.15) is 0 Å². The van der Waals surface area contributed by atoms with Crippen molar-refractivity contribution in [3.8, 4) is 0 Å². The van der Waals surface area contributed by atoms with Gasteiger partial charge >= 0.3 is 103 Å². The van der Waals surface area contributed by atoms with E-state index in [1.807, 2.05) is 0 Å². The Hall–Kier alpha value is -0.183. The van der Waals surface area contributed by atoms with Crippen molar-refractivity contribution in [1.29, 1.82) is 0 Å². The van der Waals surface area contributed by atoms with Gasteiger partial charge in [-0.3, -0.25) is 0 Å². The summed E-state index contributed by atoms with van der Waals surface area (Å²) in [6.45, 7) is 2.27. The number of unbranched alkanes of at least 4 members (excludes halogenated alkanes) is 5. The van der Waals surface area contributed by atoms with Crippen molar-refractivity contribution in [2.75, 3.05) is 0 Å². The van der Waals surface area contributed by atoms with Crippen molar-refractivity contribution >= 4 is 17.7 Å². The van der Waals surface area contributed by atoms with E-state index in [-0.39, 0.29) is 0 Å². The van der Waals surface area contributed by atoms with E-state index in [1.54, 1.807) is 0 Å². The maximum atomic E-state index is 2.30. The predicted octanol–water partition coefficient (Wildman–Crippen LogP) is 4.26. The molecule has 0 atom stereocenters. The number of aryl methyl sites for hydroxylation is 1. The van der Waals surface area contributed by atoms with Gasteiger partial charge in [0.15, 0.2) is 0 Å². The summed E-state index contributed by atoms with van der Waals surface area (Å²) in [6, 6.07) is 9.13. The Morgan fingerprint density at radius 1 is 0.812 bits per heavy atom. The van der Waals surface area contributed by atoms with E-state index in [0.717, 1.165) is 5.09 Å². The summed E-state index contributed by atoms with van der Waals surface area (Å²) in [6.07, 6.45) is 9.61. The molecule has 0 unspecified atom stereocenters. The minimum absolute atomic E-state index is 1.15. The Morgan fingerprint density at radius 3 is 2.00 bits per heavy atom. The SMILES string of the molecule is [Li][CH2]c1ccc(CCCCCCCC)cc1. The Bertz CT molecular complexity index is 263. The van der Waals surface area contributed by atoms with Gasteiger partial charge in [0, 0.05) is 0 Å². The Morgan fingerprint density at radius 2 is 1.38 bits per heavy atom. The summed E-state index contributed by atoms with van der Waals surface area (Å²) < 4.78 is 0. The molecule has 0 saturated heterocycles. The van der Waals surface area contributed by atoms with Gasteiger partial charge in [-0.05, 0) is 0 Å². The summed E-state index contributed by atoms with van der Waals surface area (Å²) >= 11 is 2.21. The molecule has 0 aliphatic heterocycles. The van der Waals surface area contributed by atoms with E-state index in [9.17, 15) is 0 Å². The molecular weight excluding hydrogens is 187 g/mol. The molecule has 1 aromatic rings. The van der Waals surface area contributed by atoms with Gasteiger partial charge in [-0.25, -0.2) is 0 Å². The van der Waals surface area contributed by atoms with Crippen LogP contribution in [-0.4, -0.2) is 17.7 Å². The van der Waals surface area contributed by atoms with Crippen molar-refractivity contribution in [1.82, 2.24) is 0 Å². The average Bonchev–Trinajstić information content (AvgIpc) is 2.34. The summed E-state index contributed by atoms with van der Waals surface area (Å²) in [5.74, 6) is 0. The van der Waals surface area contributed by atoms with Crippen LogP contribution in [0, 0.1) is 0 Å². The fraction of sp³-hybridized carbons (Fsp3) is 0.600. The standard InChI is InChI=1S/C15H23.Li/c1-3-4-5-6-7-8-9-15-12-10-14(2)11-13-15;/h10-13H,2-9H2,1H3;. The zero-order valence-corrected chi connectivity index (χ0v) is 11.0. The second-order valence-electron chi connectivity index (χ2n) is 4.69. The maximum absolute atomic E-state index is 2.30. The molecule has 0 nitrogen and oxygen atoms in total. The molecule has 0 radical (unpaired) electrons. The van der Waals surface area contributed by atoms with Crippen LogP contribution in [0.3, 0.4) is 0 Å². The molecule has 0 N–H and O–H groups in total.